The van der Waals surface area contributed by atoms with Gasteiger partial charge in [-0.2, -0.15) is 0 Å². The van der Waals surface area contributed by atoms with Gasteiger partial charge in [-0.3, -0.25) is 14.5 Å². The molecule has 0 spiro atoms. The van der Waals surface area contributed by atoms with Gasteiger partial charge in [0, 0.05) is 0 Å². The number of thioether (sulfide) groups is 1. The van der Waals surface area contributed by atoms with Gasteiger partial charge in [0.1, 0.15) is 10.9 Å². The molecule has 2 N–H and O–H groups in total. The van der Waals surface area contributed by atoms with E-state index in [2.05, 4.69) is 0 Å². The molecule has 0 unspecified atom stereocenters. The largest absolute Gasteiger partial charge is 0.504 e. The standard InChI is InChI=1S/C16H15NO5S2/c1-2-22-12-8-10(6-7-11(12)18)4-3-5-13-15(21)17(9-14(19)20)16(23)24-13/h3-8,18H,2,9H2,1H3,(H,19,20). The molecule has 2 rings (SSSR count). The Morgan fingerprint density at radius 1 is 1.46 bits per heavy atom. The lowest BCUT2D eigenvalue weighted by atomic mass is 10.2. The Kier molecular flexibility index (Phi) is 5.99. The van der Waals surface area contributed by atoms with Crippen molar-refractivity contribution in [1.82, 2.24) is 4.90 Å². The highest BCUT2D eigenvalue weighted by molar-refractivity contribution is 8.26. The predicted octanol–water partition coefficient (Wildman–Crippen LogP) is 2.63. The number of nitrogens with zero attached hydrogens (tertiary/aromatic N) is 1. The quantitative estimate of drug-likeness (QED) is 0.592. The number of phenols is 1. The molecule has 0 saturated carbocycles. The minimum absolute atomic E-state index is 0.0588. The molecule has 1 aliphatic heterocycles. The van der Waals surface area contributed by atoms with E-state index < -0.39 is 18.4 Å². The minimum Gasteiger partial charge on any atom is -0.504 e. The molecule has 1 amide bonds. The zero-order chi connectivity index (χ0) is 17.7. The molecule has 6 nitrogen and oxygen atoms in total. The number of aliphatic carboxylic acids is 1. The zero-order valence-electron chi connectivity index (χ0n) is 12.8. The van der Waals surface area contributed by atoms with Crippen LogP contribution in [0.3, 0.4) is 0 Å². The Balaban J connectivity index is 2.12. The highest BCUT2D eigenvalue weighted by atomic mass is 32.2. The van der Waals surface area contributed by atoms with Crippen molar-refractivity contribution < 1.29 is 24.5 Å². The Morgan fingerprint density at radius 3 is 2.88 bits per heavy atom. The summed E-state index contributed by atoms with van der Waals surface area (Å²) in [5, 5.41) is 18.4. The average Bonchev–Trinajstić information content (AvgIpc) is 2.78. The minimum atomic E-state index is -1.12. The molecule has 0 aromatic heterocycles. The Morgan fingerprint density at radius 2 is 2.21 bits per heavy atom. The van der Waals surface area contributed by atoms with E-state index in [4.69, 9.17) is 22.1 Å². The van der Waals surface area contributed by atoms with Crippen LogP contribution in [0.2, 0.25) is 0 Å². The second-order valence-corrected chi connectivity index (χ2v) is 6.38. The number of phenolic OH excluding ortho intramolecular Hbond substituents is 1. The number of allylic oxidation sites excluding steroid dienone is 2. The van der Waals surface area contributed by atoms with E-state index in [0.29, 0.717) is 17.3 Å². The number of hydrogen-bond donors (Lipinski definition) is 2. The average molecular weight is 365 g/mol. The number of ether oxygens (including phenoxy) is 1. The zero-order valence-corrected chi connectivity index (χ0v) is 14.4. The van der Waals surface area contributed by atoms with E-state index in [1.807, 2.05) is 6.92 Å². The smallest absolute Gasteiger partial charge is 0.323 e. The first kappa shape index (κ1) is 18.0. The van der Waals surface area contributed by atoms with Crippen LogP contribution in [0.1, 0.15) is 12.5 Å². The second kappa shape index (κ2) is 7.98. The Labute approximate surface area is 148 Å². The summed E-state index contributed by atoms with van der Waals surface area (Å²) in [5.74, 6) is -1.09. The molecule has 0 aliphatic carbocycles. The monoisotopic (exact) mass is 365 g/mol. The summed E-state index contributed by atoms with van der Waals surface area (Å²) in [4.78, 5) is 24.2. The molecule has 1 aromatic carbocycles. The van der Waals surface area contributed by atoms with E-state index >= 15 is 0 Å². The SMILES string of the molecule is CCOc1cc(C=CC=C2SC(=S)N(CC(=O)O)C2=O)ccc1O. The number of amides is 1. The fourth-order valence-corrected chi connectivity index (χ4v) is 3.14. The number of carbonyl (C=O) groups excluding carboxylic acids is 1. The van der Waals surface area contributed by atoms with Crippen molar-refractivity contribution in [2.75, 3.05) is 13.2 Å². The van der Waals surface area contributed by atoms with E-state index in [-0.39, 0.29) is 10.1 Å². The van der Waals surface area contributed by atoms with Crippen molar-refractivity contribution in [3.63, 3.8) is 0 Å². The van der Waals surface area contributed by atoms with Crippen LogP contribution in [-0.4, -0.2) is 44.5 Å². The summed E-state index contributed by atoms with van der Waals surface area (Å²) in [7, 11) is 0. The summed E-state index contributed by atoms with van der Waals surface area (Å²) < 4.78 is 5.53. The van der Waals surface area contributed by atoms with Gasteiger partial charge < -0.3 is 14.9 Å². The molecule has 0 radical (unpaired) electrons. The first-order valence-corrected chi connectivity index (χ1v) is 8.24. The predicted molar refractivity (Wildman–Crippen MR) is 95.9 cm³/mol. The van der Waals surface area contributed by atoms with E-state index in [9.17, 15) is 14.7 Å². The van der Waals surface area contributed by atoms with Crippen molar-refractivity contribution in [2.24, 2.45) is 0 Å². The number of thiocarbonyl (C=S) groups is 1. The number of hydrogen-bond acceptors (Lipinski definition) is 6. The van der Waals surface area contributed by atoms with Crippen molar-refractivity contribution >= 4 is 46.3 Å². The van der Waals surface area contributed by atoms with Crippen LogP contribution in [0.15, 0.2) is 35.3 Å². The van der Waals surface area contributed by atoms with E-state index in [0.717, 1.165) is 22.2 Å². The van der Waals surface area contributed by atoms with Gasteiger partial charge in [-0.25, -0.2) is 0 Å². The number of carboxylic acids is 1. The van der Waals surface area contributed by atoms with Gasteiger partial charge in [-0.15, -0.1) is 0 Å². The van der Waals surface area contributed by atoms with Crippen LogP contribution in [0.4, 0.5) is 0 Å². The first-order chi connectivity index (χ1) is 11.4. The molecule has 1 saturated heterocycles. The molecule has 1 fully saturated rings. The number of benzene rings is 1. The van der Waals surface area contributed by atoms with Gasteiger partial charge in [0.25, 0.3) is 5.91 Å². The van der Waals surface area contributed by atoms with Crippen LogP contribution in [0, 0.1) is 0 Å². The maximum absolute atomic E-state index is 12.1. The van der Waals surface area contributed by atoms with Gasteiger partial charge in [0.2, 0.25) is 0 Å². The lowest BCUT2D eigenvalue weighted by molar-refractivity contribution is -0.140. The third-order valence-electron chi connectivity index (χ3n) is 2.99. The van der Waals surface area contributed by atoms with E-state index in [1.165, 1.54) is 6.07 Å². The van der Waals surface area contributed by atoms with E-state index in [1.54, 1.807) is 30.4 Å². The maximum Gasteiger partial charge on any atom is 0.323 e. The topological polar surface area (TPSA) is 87.1 Å². The molecule has 24 heavy (non-hydrogen) atoms. The lowest BCUT2D eigenvalue weighted by Gasteiger charge is -2.09. The molecule has 0 bridgehead atoms. The lowest BCUT2D eigenvalue weighted by Crippen LogP contribution is -2.33. The molecule has 126 valence electrons. The van der Waals surface area contributed by atoms with Crippen LogP contribution in [-0.2, 0) is 9.59 Å². The summed E-state index contributed by atoms with van der Waals surface area (Å²) in [6, 6.07) is 4.91. The van der Waals surface area contributed by atoms with Gasteiger partial charge >= 0.3 is 5.97 Å². The summed E-state index contributed by atoms with van der Waals surface area (Å²) >= 11 is 6.08. The molecule has 0 atom stereocenters. The van der Waals surface area contributed by atoms with Crippen molar-refractivity contribution in [3.05, 3.63) is 40.8 Å². The molecule has 8 heteroatoms. The molecule has 1 aliphatic rings. The highest BCUT2D eigenvalue weighted by Gasteiger charge is 2.32. The van der Waals surface area contributed by atoms with Crippen LogP contribution in [0.5, 0.6) is 11.5 Å². The first-order valence-electron chi connectivity index (χ1n) is 7.02. The van der Waals surface area contributed by atoms with Crippen molar-refractivity contribution in [1.29, 1.82) is 0 Å². The summed E-state index contributed by atoms with van der Waals surface area (Å²) in [6.07, 6.45) is 4.98. The normalized spacial score (nSPS) is 16.4. The maximum atomic E-state index is 12.1. The number of carbonyl (C=O) groups is 2. The van der Waals surface area contributed by atoms with Gasteiger partial charge in [-0.1, -0.05) is 42.2 Å². The van der Waals surface area contributed by atoms with Gasteiger partial charge in [0.05, 0.1) is 11.5 Å². The van der Waals surface area contributed by atoms with Gasteiger partial charge in [0.15, 0.2) is 11.5 Å². The molecule has 1 heterocycles. The Hall–Kier alpha value is -2.32. The fourth-order valence-electron chi connectivity index (χ4n) is 1.94. The van der Waals surface area contributed by atoms with Crippen LogP contribution < -0.4 is 4.74 Å². The molecular formula is C16H15NO5S2. The van der Waals surface area contributed by atoms with Crippen LogP contribution >= 0.6 is 24.0 Å². The third-order valence-corrected chi connectivity index (χ3v) is 4.38. The van der Waals surface area contributed by atoms with Crippen molar-refractivity contribution in [3.8, 4) is 11.5 Å². The fraction of sp³-hybridized carbons (Fsp3) is 0.188. The third kappa shape index (κ3) is 4.36. The highest BCUT2D eigenvalue weighted by Crippen LogP contribution is 2.31. The van der Waals surface area contributed by atoms with Crippen LogP contribution in [0.25, 0.3) is 6.08 Å². The summed E-state index contributed by atoms with van der Waals surface area (Å²) in [6.45, 7) is 1.81. The number of aromatic hydroxyl groups is 1. The number of carboxylic acid groups (broad SMARTS) is 1. The molecule has 1 aromatic rings. The summed E-state index contributed by atoms with van der Waals surface area (Å²) in [5.41, 5.74) is 0.786. The van der Waals surface area contributed by atoms with Gasteiger partial charge in [-0.05, 0) is 30.7 Å². The number of rotatable bonds is 6. The van der Waals surface area contributed by atoms with Crippen molar-refractivity contribution in [2.45, 2.75) is 6.92 Å². The second-order valence-electron chi connectivity index (χ2n) is 4.70. The molecular weight excluding hydrogens is 350 g/mol. The Bertz CT molecular complexity index is 742.